The summed E-state index contributed by atoms with van der Waals surface area (Å²) in [6.07, 6.45) is 0. The highest BCUT2D eigenvalue weighted by atomic mass is 32.2. The topological polar surface area (TPSA) is 89.2 Å². The Bertz CT molecular complexity index is 1520. The maximum absolute atomic E-state index is 13.5. The third kappa shape index (κ3) is 3.35. The molecule has 0 aliphatic carbocycles. The van der Waals surface area contributed by atoms with E-state index in [1.807, 2.05) is 54.8 Å². The van der Waals surface area contributed by atoms with Crippen molar-refractivity contribution < 1.29 is 8.42 Å². The first kappa shape index (κ1) is 19.7. The highest BCUT2D eigenvalue weighted by Crippen LogP contribution is 2.32. The second-order valence-electron chi connectivity index (χ2n) is 7.34. The lowest BCUT2D eigenvalue weighted by atomic mass is 10.2. The molecule has 7 nitrogen and oxygen atoms in total. The molecule has 31 heavy (non-hydrogen) atoms. The third-order valence-corrected chi connectivity index (χ3v) is 7.82. The number of rotatable bonds is 5. The van der Waals surface area contributed by atoms with Crippen molar-refractivity contribution in [3.05, 3.63) is 76.7 Å². The number of sulfone groups is 1. The molecule has 0 radical (unpaired) electrons. The number of thiophene rings is 1. The average Bonchev–Trinajstić information content (AvgIpc) is 3.41. The Labute approximate surface area is 183 Å². The van der Waals surface area contributed by atoms with Crippen LogP contribution in [0.3, 0.4) is 0 Å². The Morgan fingerprint density at radius 3 is 2.68 bits per heavy atom. The van der Waals surface area contributed by atoms with E-state index in [0.717, 1.165) is 21.3 Å². The van der Waals surface area contributed by atoms with Gasteiger partial charge in [-0.2, -0.15) is 4.52 Å². The van der Waals surface area contributed by atoms with Crippen molar-refractivity contribution in [2.24, 2.45) is 0 Å². The van der Waals surface area contributed by atoms with Crippen molar-refractivity contribution in [1.82, 2.24) is 19.8 Å². The molecule has 0 unspecified atom stereocenters. The molecule has 0 spiro atoms. The van der Waals surface area contributed by atoms with E-state index in [9.17, 15) is 8.42 Å². The molecule has 156 valence electrons. The molecular formula is C22H19N5O2S2. The second kappa shape index (κ2) is 7.44. The summed E-state index contributed by atoms with van der Waals surface area (Å²) in [4.78, 5) is 4.88. The van der Waals surface area contributed by atoms with E-state index in [0.29, 0.717) is 17.9 Å². The number of aryl methyl sites for hydroxylation is 2. The van der Waals surface area contributed by atoms with Crippen LogP contribution in [-0.2, 0) is 16.4 Å². The molecule has 0 saturated heterocycles. The van der Waals surface area contributed by atoms with Crippen LogP contribution in [0.15, 0.2) is 69.9 Å². The summed E-state index contributed by atoms with van der Waals surface area (Å²) < 4.78 is 29.3. The lowest BCUT2D eigenvalue weighted by molar-refractivity contribution is 0.592. The van der Waals surface area contributed by atoms with E-state index >= 15 is 0 Å². The second-order valence-corrected chi connectivity index (χ2v) is 10.1. The molecular weight excluding hydrogens is 430 g/mol. The van der Waals surface area contributed by atoms with E-state index in [1.165, 1.54) is 15.9 Å². The van der Waals surface area contributed by atoms with Gasteiger partial charge in [0.15, 0.2) is 5.65 Å². The summed E-state index contributed by atoms with van der Waals surface area (Å²) >= 11 is 1.52. The molecule has 5 aromatic rings. The maximum Gasteiger partial charge on any atom is 0.229 e. The van der Waals surface area contributed by atoms with Crippen molar-refractivity contribution in [2.45, 2.75) is 30.3 Å². The number of aromatic nitrogens is 4. The molecule has 0 aliphatic heterocycles. The average molecular weight is 450 g/mol. The van der Waals surface area contributed by atoms with Gasteiger partial charge < -0.3 is 5.32 Å². The monoisotopic (exact) mass is 449 g/mol. The standard InChI is InChI=1S/C22H19N5O2S2/c1-14-8-9-15(2)18(12-14)31(28,29)22-21-24-20(23-13-16-6-4-3-5-7-16)19-17(10-11-30-19)27(21)26-25-22/h3-12H,13H2,1-2H3,(H,23,24). The molecule has 0 amide bonds. The minimum absolute atomic E-state index is 0.142. The summed E-state index contributed by atoms with van der Waals surface area (Å²) in [7, 11) is -3.89. The molecule has 5 rings (SSSR count). The number of anilines is 1. The predicted molar refractivity (Wildman–Crippen MR) is 121 cm³/mol. The number of nitrogens with one attached hydrogen (secondary N) is 1. The number of hydrogen-bond acceptors (Lipinski definition) is 7. The Morgan fingerprint density at radius 2 is 1.87 bits per heavy atom. The molecule has 0 bridgehead atoms. The zero-order valence-electron chi connectivity index (χ0n) is 16.9. The fraction of sp³-hybridized carbons (Fsp3) is 0.136. The van der Waals surface area contributed by atoms with Gasteiger partial charge in [-0.25, -0.2) is 13.4 Å². The fourth-order valence-corrected chi connectivity index (χ4v) is 5.90. The summed E-state index contributed by atoms with van der Waals surface area (Å²) in [6, 6.07) is 17.2. The van der Waals surface area contributed by atoms with E-state index in [4.69, 9.17) is 0 Å². The van der Waals surface area contributed by atoms with Crippen LogP contribution in [0.1, 0.15) is 16.7 Å². The smallest absolute Gasteiger partial charge is 0.229 e. The number of hydrogen-bond donors (Lipinski definition) is 1. The van der Waals surface area contributed by atoms with Gasteiger partial charge in [-0.15, -0.1) is 16.4 Å². The van der Waals surface area contributed by atoms with Crippen molar-refractivity contribution in [3.8, 4) is 0 Å². The van der Waals surface area contributed by atoms with Crippen molar-refractivity contribution >= 4 is 42.9 Å². The molecule has 0 aliphatic rings. The summed E-state index contributed by atoms with van der Waals surface area (Å²) in [5.74, 6) is 0.612. The third-order valence-electron chi connectivity index (χ3n) is 5.11. The number of benzene rings is 2. The van der Waals surface area contributed by atoms with Crippen LogP contribution in [0.4, 0.5) is 5.82 Å². The van der Waals surface area contributed by atoms with Crippen LogP contribution in [0.5, 0.6) is 0 Å². The van der Waals surface area contributed by atoms with Crippen LogP contribution in [0.2, 0.25) is 0 Å². The van der Waals surface area contributed by atoms with Gasteiger partial charge >= 0.3 is 0 Å². The predicted octanol–water partition coefficient (Wildman–Crippen LogP) is 4.40. The van der Waals surface area contributed by atoms with Crippen LogP contribution >= 0.6 is 11.3 Å². The lowest BCUT2D eigenvalue weighted by Crippen LogP contribution is -2.08. The molecule has 9 heteroatoms. The van der Waals surface area contributed by atoms with Gasteiger partial charge in [0, 0.05) is 6.54 Å². The Morgan fingerprint density at radius 1 is 1.06 bits per heavy atom. The SMILES string of the molecule is Cc1ccc(C)c(S(=O)(=O)c2nnn3c2nc(NCc2ccccc2)c2sccc23)c1. The van der Waals surface area contributed by atoms with Crippen LogP contribution in [0.25, 0.3) is 15.9 Å². The van der Waals surface area contributed by atoms with E-state index in [2.05, 4.69) is 20.6 Å². The first-order valence-corrected chi connectivity index (χ1v) is 12.0. The first-order valence-electron chi connectivity index (χ1n) is 9.68. The van der Waals surface area contributed by atoms with Crippen LogP contribution in [-0.4, -0.2) is 28.2 Å². The number of fused-ring (bicyclic) bond motifs is 3. The van der Waals surface area contributed by atoms with Crippen LogP contribution < -0.4 is 5.32 Å². The molecule has 0 fully saturated rings. The van der Waals surface area contributed by atoms with Crippen LogP contribution in [0, 0.1) is 13.8 Å². The van der Waals surface area contributed by atoms with Crippen molar-refractivity contribution in [1.29, 1.82) is 0 Å². The number of nitrogens with zero attached hydrogens (tertiary/aromatic N) is 4. The van der Waals surface area contributed by atoms with Gasteiger partial charge in [0.1, 0.15) is 5.82 Å². The Kier molecular flexibility index (Phi) is 4.71. The van der Waals surface area contributed by atoms with E-state index in [1.54, 1.807) is 19.1 Å². The fourth-order valence-electron chi connectivity index (χ4n) is 3.50. The van der Waals surface area contributed by atoms with Gasteiger partial charge in [0.05, 0.1) is 15.1 Å². The summed E-state index contributed by atoms with van der Waals surface area (Å²) in [5.41, 5.74) is 3.59. The van der Waals surface area contributed by atoms with E-state index < -0.39 is 9.84 Å². The highest BCUT2D eigenvalue weighted by Gasteiger charge is 2.28. The minimum atomic E-state index is -3.89. The Hall–Kier alpha value is -3.30. The largest absolute Gasteiger partial charge is 0.365 e. The summed E-state index contributed by atoms with van der Waals surface area (Å²) in [6.45, 7) is 4.20. The highest BCUT2D eigenvalue weighted by molar-refractivity contribution is 7.91. The van der Waals surface area contributed by atoms with Gasteiger partial charge in [0.2, 0.25) is 14.9 Å². The molecule has 0 saturated carbocycles. The molecule has 3 heterocycles. The Balaban J connectivity index is 1.66. The van der Waals surface area contributed by atoms with E-state index in [-0.39, 0.29) is 15.6 Å². The van der Waals surface area contributed by atoms with Gasteiger partial charge in [-0.05, 0) is 48.1 Å². The van der Waals surface area contributed by atoms with Crippen molar-refractivity contribution in [3.63, 3.8) is 0 Å². The summed E-state index contributed by atoms with van der Waals surface area (Å²) in [5, 5.41) is 13.3. The normalized spacial score (nSPS) is 11.9. The quantitative estimate of drug-likeness (QED) is 0.428. The zero-order chi connectivity index (χ0) is 21.6. The van der Waals surface area contributed by atoms with Crippen molar-refractivity contribution in [2.75, 3.05) is 5.32 Å². The van der Waals surface area contributed by atoms with Gasteiger partial charge in [0.25, 0.3) is 0 Å². The maximum atomic E-state index is 13.5. The molecule has 2 aromatic carbocycles. The van der Waals surface area contributed by atoms with Gasteiger partial charge in [-0.1, -0.05) is 47.7 Å². The van der Waals surface area contributed by atoms with Gasteiger partial charge in [-0.3, -0.25) is 0 Å². The minimum Gasteiger partial charge on any atom is -0.365 e. The molecule has 0 atom stereocenters. The lowest BCUT2D eigenvalue weighted by Gasteiger charge is -2.09. The molecule has 3 aromatic heterocycles. The zero-order valence-corrected chi connectivity index (χ0v) is 18.5. The first-order chi connectivity index (χ1) is 14.9. The molecule has 1 N–H and O–H groups in total.